The Balaban J connectivity index is 2.43. The Hall–Kier alpha value is -1.14. The van der Waals surface area contributed by atoms with Gasteiger partial charge in [-0.3, -0.25) is 4.79 Å². The lowest BCUT2D eigenvalue weighted by molar-refractivity contribution is 0.0939. The zero-order valence-electron chi connectivity index (χ0n) is 9.15. The van der Waals surface area contributed by atoms with E-state index in [0.717, 1.165) is 0 Å². The third-order valence-corrected chi connectivity index (χ3v) is 2.87. The van der Waals surface area contributed by atoms with Crippen LogP contribution in [0.1, 0.15) is 17.4 Å². The Morgan fingerprint density at radius 2 is 2.40 bits per heavy atom. The van der Waals surface area contributed by atoms with Crippen LogP contribution in [0.25, 0.3) is 0 Å². The topological polar surface area (TPSA) is 71.2 Å². The molecule has 0 aliphatic rings. The summed E-state index contributed by atoms with van der Waals surface area (Å²) in [7, 11) is 3.94. The van der Waals surface area contributed by atoms with Crippen molar-refractivity contribution in [2.75, 3.05) is 26.4 Å². The van der Waals surface area contributed by atoms with E-state index in [4.69, 9.17) is 5.73 Å². The number of hydrogen-bond acceptors (Lipinski definition) is 5. The van der Waals surface area contributed by atoms with Crippen LogP contribution in [0.2, 0.25) is 0 Å². The van der Waals surface area contributed by atoms with Gasteiger partial charge in [0.05, 0.1) is 0 Å². The molecule has 0 spiro atoms. The van der Waals surface area contributed by atoms with E-state index in [1.54, 1.807) is 5.38 Å². The average Bonchev–Trinajstić information content (AvgIpc) is 2.60. The summed E-state index contributed by atoms with van der Waals surface area (Å²) in [5, 5.41) is 4.88. The van der Waals surface area contributed by atoms with Gasteiger partial charge in [-0.25, -0.2) is 4.98 Å². The van der Waals surface area contributed by atoms with Crippen LogP contribution in [0.15, 0.2) is 5.38 Å². The molecule has 1 heterocycles. The van der Waals surface area contributed by atoms with Crippen molar-refractivity contribution in [3.05, 3.63) is 11.1 Å². The molecule has 0 fully saturated rings. The maximum atomic E-state index is 11.5. The number of likely N-dealkylation sites (N-methyl/N-ethyl adjacent to an activating group) is 1. The quantitative estimate of drug-likeness (QED) is 0.783. The number of carbonyl (C=O) groups is 1. The average molecular weight is 228 g/mol. The number of anilines is 1. The van der Waals surface area contributed by atoms with Crippen LogP contribution in [-0.2, 0) is 0 Å². The van der Waals surface area contributed by atoms with E-state index < -0.39 is 0 Å². The van der Waals surface area contributed by atoms with Gasteiger partial charge in [0.1, 0.15) is 5.69 Å². The normalized spacial score (nSPS) is 12.8. The summed E-state index contributed by atoms with van der Waals surface area (Å²) in [6.07, 6.45) is 0. The van der Waals surface area contributed by atoms with E-state index in [0.29, 0.717) is 23.4 Å². The zero-order valence-corrected chi connectivity index (χ0v) is 9.97. The summed E-state index contributed by atoms with van der Waals surface area (Å²) >= 11 is 1.27. The number of nitrogens with zero attached hydrogens (tertiary/aromatic N) is 2. The summed E-state index contributed by atoms with van der Waals surface area (Å²) in [5.74, 6) is -0.170. The number of hydrogen-bond donors (Lipinski definition) is 2. The fourth-order valence-corrected chi connectivity index (χ4v) is 1.45. The van der Waals surface area contributed by atoms with Gasteiger partial charge in [-0.1, -0.05) is 0 Å². The van der Waals surface area contributed by atoms with Gasteiger partial charge in [-0.15, -0.1) is 11.3 Å². The third kappa shape index (κ3) is 3.49. The minimum Gasteiger partial charge on any atom is -0.375 e. The number of amides is 1. The molecule has 1 aromatic rings. The van der Waals surface area contributed by atoms with Crippen molar-refractivity contribution >= 4 is 22.4 Å². The Morgan fingerprint density at radius 3 is 2.87 bits per heavy atom. The maximum absolute atomic E-state index is 11.5. The number of nitrogens with one attached hydrogen (secondary N) is 1. The standard InChI is InChI=1S/C9H16N4OS/c1-6(13(2)3)4-11-8(14)7-5-15-9(10)12-7/h5-6H,4H2,1-3H3,(H2,10,12)(H,11,14). The van der Waals surface area contributed by atoms with E-state index in [-0.39, 0.29) is 5.91 Å². The van der Waals surface area contributed by atoms with E-state index in [9.17, 15) is 4.79 Å². The lowest BCUT2D eigenvalue weighted by Gasteiger charge is -2.19. The first-order valence-corrected chi connectivity index (χ1v) is 5.54. The van der Waals surface area contributed by atoms with Gasteiger partial charge in [-0.05, 0) is 21.0 Å². The van der Waals surface area contributed by atoms with Crippen molar-refractivity contribution in [1.82, 2.24) is 15.2 Å². The molecule has 15 heavy (non-hydrogen) atoms. The van der Waals surface area contributed by atoms with E-state index in [1.807, 2.05) is 25.9 Å². The molecule has 6 heteroatoms. The maximum Gasteiger partial charge on any atom is 0.270 e. The molecule has 1 aromatic heterocycles. The molecule has 0 radical (unpaired) electrons. The molecule has 1 rings (SSSR count). The molecule has 0 saturated carbocycles. The molecule has 3 N–H and O–H groups in total. The molecule has 0 aliphatic heterocycles. The predicted molar refractivity (Wildman–Crippen MR) is 62.0 cm³/mol. The molecule has 0 aromatic carbocycles. The molecule has 84 valence electrons. The minimum absolute atomic E-state index is 0.170. The Kier molecular flexibility index (Phi) is 4.05. The molecule has 0 aliphatic carbocycles. The van der Waals surface area contributed by atoms with Crippen molar-refractivity contribution in [3.8, 4) is 0 Å². The van der Waals surface area contributed by atoms with Gasteiger partial charge in [0, 0.05) is 18.0 Å². The Morgan fingerprint density at radius 1 is 1.73 bits per heavy atom. The minimum atomic E-state index is -0.170. The van der Waals surface area contributed by atoms with E-state index >= 15 is 0 Å². The zero-order chi connectivity index (χ0) is 11.4. The summed E-state index contributed by atoms with van der Waals surface area (Å²) < 4.78 is 0. The van der Waals surface area contributed by atoms with Crippen LogP contribution < -0.4 is 11.1 Å². The molecule has 0 bridgehead atoms. The van der Waals surface area contributed by atoms with Crippen molar-refractivity contribution in [2.45, 2.75) is 13.0 Å². The highest BCUT2D eigenvalue weighted by atomic mass is 32.1. The van der Waals surface area contributed by atoms with Crippen molar-refractivity contribution in [3.63, 3.8) is 0 Å². The number of rotatable bonds is 4. The van der Waals surface area contributed by atoms with Gasteiger partial charge >= 0.3 is 0 Å². The van der Waals surface area contributed by atoms with Crippen LogP contribution in [-0.4, -0.2) is 42.5 Å². The molecular formula is C9H16N4OS. The molecule has 1 atom stereocenters. The van der Waals surface area contributed by atoms with E-state index in [1.165, 1.54) is 11.3 Å². The van der Waals surface area contributed by atoms with Crippen LogP contribution in [0.4, 0.5) is 5.13 Å². The summed E-state index contributed by atoms with van der Waals surface area (Å²) in [5.41, 5.74) is 5.83. The Labute approximate surface area is 93.3 Å². The van der Waals surface area contributed by atoms with Gasteiger partial charge in [0.15, 0.2) is 5.13 Å². The van der Waals surface area contributed by atoms with Gasteiger partial charge in [-0.2, -0.15) is 0 Å². The second-order valence-electron chi connectivity index (χ2n) is 3.59. The fourth-order valence-electron chi connectivity index (χ4n) is 0.905. The fraction of sp³-hybridized carbons (Fsp3) is 0.556. The highest BCUT2D eigenvalue weighted by molar-refractivity contribution is 7.13. The third-order valence-electron chi connectivity index (χ3n) is 2.19. The highest BCUT2D eigenvalue weighted by Gasteiger charge is 2.11. The molecule has 1 amide bonds. The SMILES string of the molecule is CC(CNC(=O)c1csc(N)n1)N(C)C. The lowest BCUT2D eigenvalue weighted by Crippen LogP contribution is -2.38. The predicted octanol–water partition coefficient (Wildman–Crippen LogP) is 0.405. The van der Waals surface area contributed by atoms with Crippen LogP contribution in [0, 0.1) is 0 Å². The van der Waals surface area contributed by atoms with Gasteiger partial charge in [0.25, 0.3) is 5.91 Å². The largest absolute Gasteiger partial charge is 0.375 e. The summed E-state index contributed by atoms with van der Waals surface area (Å²) in [4.78, 5) is 17.5. The smallest absolute Gasteiger partial charge is 0.270 e. The molecule has 1 unspecified atom stereocenters. The highest BCUT2D eigenvalue weighted by Crippen LogP contribution is 2.10. The molecule has 5 nitrogen and oxygen atoms in total. The number of thiazole rings is 1. The van der Waals surface area contributed by atoms with Gasteiger partial charge in [0.2, 0.25) is 0 Å². The summed E-state index contributed by atoms with van der Waals surface area (Å²) in [6, 6.07) is 0.296. The first kappa shape index (κ1) is 11.9. The Bertz CT molecular complexity index is 337. The van der Waals surface area contributed by atoms with Crippen LogP contribution >= 0.6 is 11.3 Å². The van der Waals surface area contributed by atoms with Crippen molar-refractivity contribution in [1.29, 1.82) is 0 Å². The number of nitrogen functional groups attached to an aromatic ring is 1. The van der Waals surface area contributed by atoms with Crippen LogP contribution in [0.5, 0.6) is 0 Å². The lowest BCUT2D eigenvalue weighted by atomic mass is 10.3. The van der Waals surface area contributed by atoms with Crippen LogP contribution in [0.3, 0.4) is 0 Å². The second-order valence-corrected chi connectivity index (χ2v) is 4.48. The first-order valence-electron chi connectivity index (χ1n) is 4.66. The van der Waals surface area contributed by atoms with Crippen molar-refractivity contribution in [2.24, 2.45) is 0 Å². The van der Waals surface area contributed by atoms with Crippen molar-refractivity contribution < 1.29 is 4.79 Å². The molecule has 0 saturated heterocycles. The number of nitrogens with two attached hydrogens (primary N) is 1. The number of carbonyl (C=O) groups excluding carboxylic acids is 1. The van der Waals surface area contributed by atoms with E-state index in [2.05, 4.69) is 10.3 Å². The molecular weight excluding hydrogens is 212 g/mol. The van der Waals surface area contributed by atoms with Gasteiger partial charge < -0.3 is 16.0 Å². The summed E-state index contributed by atoms with van der Waals surface area (Å²) in [6.45, 7) is 2.64. The number of aromatic nitrogens is 1. The monoisotopic (exact) mass is 228 g/mol. The second kappa shape index (κ2) is 5.09. The first-order chi connectivity index (χ1) is 7.00.